The van der Waals surface area contributed by atoms with Crippen molar-refractivity contribution < 1.29 is 14.4 Å². The summed E-state index contributed by atoms with van der Waals surface area (Å²) in [5, 5.41) is 9.56. The van der Waals surface area contributed by atoms with E-state index < -0.39 is 0 Å². The lowest BCUT2D eigenvalue weighted by Gasteiger charge is -2.20. The molecule has 3 aromatic rings. The van der Waals surface area contributed by atoms with Crippen LogP contribution in [-0.2, 0) is 14.4 Å². The molecule has 0 atom stereocenters. The molecule has 0 fully saturated rings. The van der Waals surface area contributed by atoms with Crippen LogP contribution in [0.1, 0.15) is 18.1 Å². The molecular formula is C28H28ClN5O3. The van der Waals surface area contributed by atoms with Crippen LogP contribution in [0.4, 0.5) is 22.7 Å². The van der Waals surface area contributed by atoms with Gasteiger partial charge in [0.15, 0.2) is 0 Å². The van der Waals surface area contributed by atoms with E-state index in [0.29, 0.717) is 34.2 Å². The number of hydrogen-bond donors (Lipinski definition) is 3. The number of amides is 3. The summed E-state index contributed by atoms with van der Waals surface area (Å²) in [7, 11) is 5.44. The van der Waals surface area contributed by atoms with E-state index in [4.69, 9.17) is 11.6 Å². The van der Waals surface area contributed by atoms with E-state index >= 15 is 0 Å². The van der Waals surface area contributed by atoms with Gasteiger partial charge in [0.1, 0.15) is 0 Å². The minimum Gasteiger partial charge on any atom is -0.354 e. The zero-order chi connectivity index (χ0) is 26.7. The lowest BCUT2D eigenvalue weighted by atomic mass is 9.99. The van der Waals surface area contributed by atoms with Crippen molar-refractivity contribution in [1.29, 1.82) is 0 Å². The predicted molar refractivity (Wildman–Crippen MR) is 150 cm³/mol. The number of anilines is 4. The van der Waals surface area contributed by atoms with Gasteiger partial charge >= 0.3 is 0 Å². The number of nitrogens with zero attached hydrogens (tertiary/aromatic N) is 2. The van der Waals surface area contributed by atoms with Crippen molar-refractivity contribution in [3.8, 4) is 0 Å². The first-order valence-corrected chi connectivity index (χ1v) is 12.0. The quantitative estimate of drug-likeness (QED) is 0.393. The van der Waals surface area contributed by atoms with Crippen molar-refractivity contribution >= 4 is 63.3 Å². The molecule has 4 rings (SSSR count). The van der Waals surface area contributed by atoms with Crippen LogP contribution in [0.5, 0.6) is 0 Å². The minimum atomic E-state index is -0.253. The molecule has 0 aromatic heterocycles. The Morgan fingerprint density at radius 2 is 1.51 bits per heavy atom. The van der Waals surface area contributed by atoms with Gasteiger partial charge in [0.2, 0.25) is 11.8 Å². The van der Waals surface area contributed by atoms with Crippen LogP contribution in [0.15, 0.2) is 66.7 Å². The topological polar surface area (TPSA) is 93.8 Å². The zero-order valence-corrected chi connectivity index (χ0v) is 21.8. The lowest BCUT2D eigenvalue weighted by molar-refractivity contribution is -0.119. The highest BCUT2D eigenvalue weighted by Crippen LogP contribution is 2.39. The van der Waals surface area contributed by atoms with Crippen LogP contribution < -0.4 is 20.9 Å². The molecule has 1 aliphatic heterocycles. The minimum absolute atomic E-state index is 0.0225. The Balaban J connectivity index is 1.72. The lowest BCUT2D eigenvalue weighted by Crippen LogP contribution is -2.34. The highest BCUT2D eigenvalue weighted by Gasteiger charge is 2.28. The Labute approximate surface area is 220 Å². The fourth-order valence-electron chi connectivity index (χ4n) is 4.03. The van der Waals surface area contributed by atoms with Crippen molar-refractivity contribution in [3.63, 3.8) is 0 Å². The molecule has 0 spiro atoms. The number of fused-ring (bicyclic) bond motifs is 1. The van der Waals surface area contributed by atoms with Crippen molar-refractivity contribution in [3.05, 3.63) is 82.9 Å². The van der Waals surface area contributed by atoms with E-state index in [1.165, 1.54) is 6.92 Å². The fourth-order valence-corrected chi connectivity index (χ4v) is 4.20. The molecular weight excluding hydrogens is 490 g/mol. The van der Waals surface area contributed by atoms with Gasteiger partial charge in [-0.2, -0.15) is 0 Å². The first kappa shape index (κ1) is 25.9. The van der Waals surface area contributed by atoms with Gasteiger partial charge < -0.3 is 25.8 Å². The van der Waals surface area contributed by atoms with E-state index in [2.05, 4.69) is 16.0 Å². The fraction of sp³-hybridized carbons (Fsp3) is 0.179. The average Bonchev–Trinajstić information content (AvgIpc) is 3.16. The number of likely N-dealkylation sites (N-methyl/N-ethyl adjacent to an activating group) is 2. The van der Waals surface area contributed by atoms with Gasteiger partial charge in [-0.3, -0.25) is 14.4 Å². The van der Waals surface area contributed by atoms with Crippen LogP contribution in [0.3, 0.4) is 0 Å². The number of benzene rings is 3. The number of hydrogen-bond acceptors (Lipinski definition) is 5. The molecule has 3 aromatic carbocycles. The largest absolute Gasteiger partial charge is 0.354 e. The highest BCUT2D eigenvalue weighted by molar-refractivity contribution is 6.38. The molecule has 1 aliphatic rings. The second-order valence-electron chi connectivity index (χ2n) is 9.01. The third-order valence-electron chi connectivity index (χ3n) is 5.82. The molecule has 0 radical (unpaired) electrons. The summed E-state index contributed by atoms with van der Waals surface area (Å²) >= 11 is 6.15. The molecule has 0 aliphatic carbocycles. The van der Waals surface area contributed by atoms with E-state index in [1.54, 1.807) is 36.2 Å². The van der Waals surface area contributed by atoms with E-state index in [0.717, 1.165) is 22.5 Å². The highest BCUT2D eigenvalue weighted by atomic mass is 35.5. The summed E-state index contributed by atoms with van der Waals surface area (Å²) in [5.41, 5.74) is 5.33. The molecule has 8 nitrogen and oxygen atoms in total. The summed E-state index contributed by atoms with van der Waals surface area (Å²) in [5.74, 6) is -0.443. The maximum absolute atomic E-state index is 13.1. The first-order chi connectivity index (χ1) is 17.6. The summed E-state index contributed by atoms with van der Waals surface area (Å²) in [6, 6.07) is 19.9. The normalized spacial score (nSPS) is 13.6. The molecule has 3 amide bonds. The van der Waals surface area contributed by atoms with Gasteiger partial charge in [-0.05, 0) is 68.2 Å². The van der Waals surface area contributed by atoms with Crippen LogP contribution in [0.25, 0.3) is 11.3 Å². The van der Waals surface area contributed by atoms with Gasteiger partial charge in [0.25, 0.3) is 5.91 Å². The van der Waals surface area contributed by atoms with Gasteiger partial charge in [-0.1, -0.05) is 29.8 Å². The maximum Gasteiger partial charge on any atom is 0.258 e. The predicted octanol–water partition coefficient (Wildman–Crippen LogP) is 4.76. The van der Waals surface area contributed by atoms with Crippen molar-refractivity contribution in [2.24, 2.45) is 0 Å². The molecule has 3 N–H and O–H groups in total. The van der Waals surface area contributed by atoms with E-state index in [9.17, 15) is 14.4 Å². The Bertz CT molecular complexity index is 1380. The van der Waals surface area contributed by atoms with E-state index in [1.807, 2.05) is 61.5 Å². The summed E-state index contributed by atoms with van der Waals surface area (Å²) in [6.45, 7) is 1.75. The zero-order valence-electron chi connectivity index (χ0n) is 21.1. The molecule has 1 heterocycles. The summed E-state index contributed by atoms with van der Waals surface area (Å²) in [6.07, 6.45) is 0. The summed E-state index contributed by atoms with van der Waals surface area (Å²) < 4.78 is 0. The van der Waals surface area contributed by atoms with Crippen LogP contribution in [0.2, 0.25) is 5.02 Å². The first-order valence-electron chi connectivity index (χ1n) is 11.6. The maximum atomic E-state index is 13.1. The number of halogens is 1. The number of carbonyl (C=O) groups excluding carboxylic acids is 3. The molecule has 37 heavy (non-hydrogen) atoms. The molecule has 190 valence electrons. The Kier molecular flexibility index (Phi) is 7.61. The van der Waals surface area contributed by atoms with Crippen molar-refractivity contribution in [1.82, 2.24) is 4.90 Å². The second-order valence-corrected chi connectivity index (χ2v) is 9.45. The molecule has 9 heteroatoms. The van der Waals surface area contributed by atoms with Gasteiger partial charge in [-0.15, -0.1) is 0 Å². The monoisotopic (exact) mass is 517 g/mol. The third kappa shape index (κ3) is 5.99. The Hall–Kier alpha value is -4.14. The second kappa shape index (κ2) is 10.9. The van der Waals surface area contributed by atoms with Crippen LogP contribution >= 0.6 is 11.6 Å². The SMILES string of the molecule is CC(=O)Nc1ccc(/C(Nc2ccc(N(C)C(=O)CN(C)C)cc2)=C2/C(=O)Nc3cc(Cl)ccc32)cc1. The van der Waals surface area contributed by atoms with Gasteiger partial charge in [-0.25, -0.2) is 0 Å². The number of nitrogens with one attached hydrogen (secondary N) is 3. The van der Waals surface area contributed by atoms with Crippen LogP contribution in [-0.4, -0.2) is 50.3 Å². The Morgan fingerprint density at radius 1 is 0.892 bits per heavy atom. The van der Waals surface area contributed by atoms with Gasteiger partial charge in [0, 0.05) is 41.6 Å². The van der Waals surface area contributed by atoms with Crippen molar-refractivity contribution in [2.45, 2.75) is 6.92 Å². The van der Waals surface area contributed by atoms with Crippen molar-refractivity contribution in [2.75, 3.05) is 48.5 Å². The standard InChI is InChI=1S/C28H28ClN5O3/c1-17(35)30-20-8-5-18(6-9-20)27(26-23-14-7-19(29)15-24(23)32-28(26)37)31-21-10-12-22(13-11-21)34(4)25(36)16-33(2)3/h5-15,31H,16H2,1-4H3,(H,30,35)(H,32,37)/b27-26-. The molecule has 0 bridgehead atoms. The average molecular weight is 518 g/mol. The smallest absolute Gasteiger partial charge is 0.258 e. The third-order valence-corrected chi connectivity index (χ3v) is 6.05. The number of rotatable bonds is 7. The van der Waals surface area contributed by atoms with E-state index in [-0.39, 0.29) is 17.7 Å². The summed E-state index contributed by atoms with van der Waals surface area (Å²) in [4.78, 5) is 40.4. The van der Waals surface area contributed by atoms with Crippen LogP contribution in [0, 0.1) is 0 Å². The number of carbonyl (C=O) groups is 3. The molecule has 0 saturated heterocycles. The molecule has 0 unspecified atom stereocenters. The molecule has 0 saturated carbocycles. The van der Waals surface area contributed by atoms with Gasteiger partial charge in [0.05, 0.1) is 23.5 Å². The Morgan fingerprint density at radius 3 is 2.14 bits per heavy atom.